The monoisotopic (exact) mass is 1150 g/mol. The van der Waals surface area contributed by atoms with Crippen molar-refractivity contribution in [1.29, 1.82) is 0 Å². The van der Waals surface area contributed by atoms with Gasteiger partial charge in [-0.3, -0.25) is 14.7 Å². The lowest BCUT2D eigenvalue weighted by Crippen LogP contribution is -2.57. The smallest absolute Gasteiger partial charge is 0.466 e. The Morgan fingerprint density at radius 3 is 0.948 bits per heavy atom. The SMILES string of the molecule is COc1ccc2c(c1)CCN1C[C@H]3CCCN(S(C)(=O)=O)[C@H]3C[C@@H]21.COc1ccc2c(c1)CCN1C[C@H]3CCCN(S(C)(=O)=O)[C@H]3C[C@@H]21.COc1ccc2c(c1)CCN1C[C@H]3CCCN(S(C)(=O)=O)[C@H]3C[C@@H]21.O=P(O)(O)O. The fraction of sp³-hybridized carbons (Fsp3) is 0.667. The van der Waals surface area contributed by atoms with E-state index in [1.165, 1.54) is 52.1 Å². The molecule has 0 radical (unpaired) electrons. The standard InChI is InChI=1S/3C18H26N2O3S.H3O4P/c3*1-23-15-5-6-16-13(10-15)7-9-19-12-14-4-3-8-20(24(2,21)22)17(14)11-18(16)19;1-5(2,3)4/h3*5-6,10,14,17-18H,3-4,7-9,11-12H2,1-2H3;(H3,1,2,3,4)/t3*14-,17+,18+;/m111./s1. The number of fused-ring (bicyclic) bond motifs is 12. The summed E-state index contributed by atoms with van der Waals surface area (Å²) in [4.78, 5) is 29.3. The van der Waals surface area contributed by atoms with Crippen molar-refractivity contribution in [1.82, 2.24) is 27.6 Å². The average Bonchev–Trinajstić information content (AvgIpc) is 3.48. The molecule has 6 saturated heterocycles. The molecule has 3 aromatic carbocycles. The van der Waals surface area contributed by atoms with Crippen molar-refractivity contribution in [2.75, 3.05) is 99.0 Å². The zero-order valence-corrected chi connectivity index (χ0v) is 48.9. The Morgan fingerprint density at radius 2 is 0.714 bits per heavy atom. The second-order valence-electron chi connectivity index (χ2n) is 22.7. The number of methoxy groups -OCH3 is 3. The van der Waals surface area contributed by atoms with Crippen LogP contribution in [0, 0.1) is 17.8 Å². The van der Waals surface area contributed by atoms with Crippen molar-refractivity contribution in [2.24, 2.45) is 17.8 Å². The first-order valence-corrected chi connectivity index (χ1v) is 34.4. The molecule has 0 spiro atoms. The molecule has 428 valence electrons. The Kier molecular flexibility index (Phi) is 18.0. The van der Waals surface area contributed by atoms with Crippen LogP contribution in [-0.4, -0.2) is 185 Å². The van der Waals surface area contributed by atoms with Gasteiger partial charge in [0, 0.05) is 95.2 Å². The van der Waals surface area contributed by atoms with Gasteiger partial charge in [0.05, 0.1) is 40.1 Å². The molecule has 0 aromatic heterocycles. The Bertz CT molecular complexity index is 2680. The van der Waals surface area contributed by atoms with Gasteiger partial charge in [-0.15, -0.1) is 0 Å². The molecule has 0 bridgehead atoms. The van der Waals surface area contributed by atoms with Gasteiger partial charge in [-0.25, -0.2) is 29.8 Å². The predicted molar refractivity (Wildman–Crippen MR) is 295 cm³/mol. The van der Waals surface area contributed by atoms with E-state index in [1.807, 2.05) is 18.2 Å². The normalized spacial score (nSPS) is 29.8. The molecule has 0 saturated carbocycles. The summed E-state index contributed by atoms with van der Waals surface area (Å²) in [5, 5.41) is 0. The van der Waals surface area contributed by atoms with E-state index in [4.69, 9.17) is 33.5 Å². The van der Waals surface area contributed by atoms with E-state index in [9.17, 15) is 25.3 Å². The lowest BCUT2D eigenvalue weighted by atomic mass is 9.77. The average molecular weight is 1150 g/mol. The second-order valence-corrected chi connectivity index (χ2v) is 29.6. The van der Waals surface area contributed by atoms with Crippen LogP contribution in [0.4, 0.5) is 0 Å². The van der Waals surface area contributed by atoms with E-state index < -0.39 is 37.9 Å². The van der Waals surface area contributed by atoms with Gasteiger partial charge >= 0.3 is 7.82 Å². The third kappa shape index (κ3) is 13.4. The quantitative estimate of drug-likeness (QED) is 0.270. The first kappa shape index (κ1) is 58.4. The number of rotatable bonds is 6. The first-order chi connectivity index (χ1) is 36.4. The number of hydrogen-bond donors (Lipinski definition) is 3. The third-order valence-corrected chi connectivity index (χ3v) is 22.1. The fourth-order valence-corrected chi connectivity index (χ4v) is 18.4. The van der Waals surface area contributed by atoms with Crippen LogP contribution in [0.15, 0.2) is 54.6 Å². The summed E-state index contributed by atoms with van der Waals surface area (Å²) in [5.74, 6) is 4.16. The Hall–Kier alpha value is -3.22. The van der Waals surface area contributed by atoms with E-state index in [0.29, 0.717) is 55.5 Å². The van der Waals surface area contributed by atoms with Crippen LogP contribution < -0.4 is 14.2 Å². The third-order valence-electron chi connectivity index (χ3n) is 18.1. The lowest BCUT2D eigenvalue weighted by Gasteiger charge is -2.51. The number of ether oxygens (including phenoxy) is 3. The van der Waals surface area contributed by atoms with Gasteiger partial charge in [-0.2, -0.15) is 12.9 Å². The molecule has 6 fully saturated rings. The van der Waals surface area contributed by atoms with Crippen molar-refractivity contribution in [3.8, 4) is 17.2 Å². The molecule has 0 unspecified atom stereocenters. The van der Waals surface area contributed by atoms with Gasteiger partial charge in [0.15, 0.2) is 0 Å². The zero-order chi connectivity index (χ0) is 55.2. The Balaban J connectivity index is 0.000000135. The Morgan fingerprint density at radius 1 is 0.455 bits per heavy atom. The highest BCUT2D eigenvalue weighted by Gasteiger charge is 2.48. The molecule has 0 aliphatic carbocycles. The molecule has 19 nitrogen and oxygen atoms in total. The summed E-state index contributed by atoms with van der Waals surface area (Å²) in [6, 6.07) is 20.5. The van der Waals surface area contributed by atoms with E-state index in [0.717, 1.165) is 134 Å². The first-order valence-electron chi connectivity index (χ1n) is 27.3. The van der Waals surface area contributed by atoms with Crippen LogP contribution in [0.25, 0.3) is 0 Å². The summed E-state index contributed by atoms with van der Waals surface area (Å²) < 4.78 is 104. The maximum absolute atomic E-state index is 12.2. The second kappa shape index (κ2) is 23.7. The summed E-state index contributed by atoms with van der Waals surface area (Å²) in [7, 11) is -8.91. The predicted octanol–water partition coefficient (Wildman–Crippen LogP) is 5.19. The molecular formula is C54H81N6O13PS3. The number of nitrogens with zero attached hydrogens (tertiary/aromatic N) is 6. The van der Waals surface area contributed by atoms with E-state index in [-0.39, 0.29) is 18.1 Å². The molecule has 23 heteroatoms. The van der Waals surface area contributed by atoms with Crippen LogP contribution in [0.2, 0.25) is 0 Å². The molecule has 3 N–H and O–H groups in total. The van der Waals surface area contributed by atoms with Crippen molar-refractivity contribution < 1.29 is 58.7 Å². The van der Waals surface area contributed by atoms with E-state index >= 15 is 0 Å². The van der Waals surface area contributed by atoms with Gasteiger partial charge in [0.1, 0.15) is 17.2 Å². The van der Waals surface area contributed by atoms with Gasteiger partial charge in [-0.1, -0.05) is 18.2 Å². The van der Waals surface area contributed by atoms with Crippen LogP contribution >= 0.6 is 7.82 Å². The summed E-state index contributed by atoms with van der Waals surface area (Å²) in [6.07, 6.45) is 16.4. The van der Waals surface area contributed by atoms with Crippen LogP contribution in [0.1, 0.15) is 109 Å². The molecule has 77 heavy (non-hydrogen) atoms. The summed E-state index contributed by atoms with van der Waals surface area (Å²) in [6.45, 7) is 8.30. The lowest BCUT2D eigenvalue weighted by molar-refractivity contribution is 0.0221. The fourth-order valence-electron chi connectivity index (χ4n) is 14.8. The number of benzene rings is 3. The number of piperidine rings is 6. The highest BCUT2D eigenvalue weighted by molar-refractivity contribution is 7.88. The van der Waals surface area contributed by atoms with E-state index in [1.54, 1.807) is 34.2 Å². The van der Waals surface area contributed by atoms with Crippen LogP contribution in [0.5, 0.6) is 17.2 Å². The number of hydrogen-bond acceptors (Lipinski definition) is 13. The highest BCUT2D eigenvalue weighted by atomic mass is 32.2. The number of phosphoric acid groups is 1. The molecule has 0 amide bonds. The molecule has 9 aliphatic rings. The topological polar surface area (TPSA) is 227 Å². The molecule has 9 atom stereocenters. The van der Waals surface area contributed by atoms with Crippen molar-refractivity contribution >= 4 is 37.9 Å². The molecule has 9 aliphatic heterocycles. The van der Waals surface area contributed by atoms with E-state index in [2.05, 4.69) is 51.1 Å². The number of sulfonamides is 3. The van der Waals surface area contributed by atoms with Gasteiger partial charge in [0.2, 0.25) is 30.1 Å². The minimum atomic E-state index is -4.64. The highest BCUT2D eigenvalue weighted by Crippen LogP contribution is 2.47. The van der Waals surface area contributed by atoms with Crippen LogP contribution in [-0.2, 0) is 53.9 Å². The minimum absolute atomic E-state index is 0.156. The molecule has 9 heterocycles. The van der Waals surface area contributed by atoms with Gasteiger partial charge in [-0.05, 0) is 165 Å². The van der Waals surface area contributed by atoms with Crippen LogP contribution in [0.3, 0.4) is 0 Å². The minimum Gasteiger partial charge on any atom is -0.497 e. The summed E-state index contributed by atoms with van der Waals surface area (Å²) >= 11 is 0. The van der Waals surface area contributed by atoms with Gasteiger partial charge < -0.3 is 28.9 Å². The summed E-state index contributed by atoms with van der Waals surface area (Å²) in [5.41, 5.74) is 8.15. The van der Waals surface area contributed by atoms with Crippen molar-refractivity contribution in [2.45, 2.75) is 113 Å². The van der Waals surface area contributed by atoms with Crippen molar-refractivity contribution in [3.63, 3.8) is 0 Å². The molecule has 3 aromatic rings. The molecular weight excluding hydrogens is 1070 g/mol. The largest absolute Gasteiger partial charge is 0.497 e. The van der Waals surface area contributed by atoms with Crippen molar-refractivity contribution in [3.05, 3.63) is 88.0 Å². The zero-order valence-electron chi connectivity index (χ0n) is 45.5. The molecule has 12 rings (SSSR count). The van der Waals surface area contributed by atoms with Gasteiger partial charge in [0.25, 0.3) is 0 Å². The maximum atomic E-state index is 12.2. The maximum Gasteiger partial charge on any atom is 0.466 e. The Labute approximate surface area is 457 Å².